The molecule has 0 aromatic heterocycles. The molecule has 1 atom stereocenters. The minimum Gasteiger partial charge on any atom is -0.394 e. The maximum atomic E-state index is 9.53. The molecule has 2 nitrogen and oxygen atoms in total. The SMILES string of the molecule is Cc1ccccc1SCC(C)(CO)NC1CC1. The van der Waals surface area contributed by atoms with Crippen molar-refractivity contribution in [2.75, 3.05) is 12.4 Å². The van der Waals surface area contributed by atoms with Gasteiger partial charge in [-0.25, -0.2) is 0 Å². The summed E-state index contributed by atoms with van der Waals surface area (Å²) < 4.78 is 0. The number of benzene rings is 1. The lowest BCUT2D eigenvalue weighted by atomic mass is 10.1. The molecule has 3 heteroatoms. The minimum absolute atomic E-state index is 0.159. The second-order valence-electron chi connectivity index (χ2n) is 5.19. The monoisotopic (exact) mass is 251 g/mol. The molecule has 1 fully saturated rings. The van der Waals surface area contributed by atoms with Gasteiger partial charge in [-0.15, -0.1) is 11.8 Å². The number of aryl methyl sites for hydroxylation is 1. The lowest BCUT2D eigenvalue weighted by Crippen LogP contribution is -2.49. The lowest BCUT2D eigenvalue weighted by Gasteiger charge is -2.28. The topological polar surface area (TPSA) is 32.3 Å². The van der Waals surface area contributed by atoms with Gasteiger partial charge in [-0.05, 0) is 38.3 Å². The molecule has 0 spiro atoms. The number of rotatable bonds is 6. The quantitative estimate of drug-likeness (QED) is 0.762. The summed E-state index contributed by atoms with van der Waals surface area (Å²) in [4.78, 5) is 1.31. The van der Waals surface area contributed by atoms with Crippen molar-refractivity contribution < 1.29 is 5.11 Å². The first kappa shape index (κ1) is 12.9. The summed E-state index contributed by atoms with van der Waals surface area (Å²) in [6.07, 6.45) is 2.51. The highest BCUT2D eigenvalue weighted by Gasteiger charge is 2.32. The Bertz CT molecular complexity index is 378. The second kappa shape index (κ2) is 5.42. The molecule has 2 rings (SSSR count). The summed E-state index contributed by atoms with van der Waals surface area (Å²) in [6, 6.07) is 9.04. The van der Waals surface area contributed by atoms with Crippen LogP contribution in [0.4, 0.5) is 0 Å². The van der Waals surface area contributed by atoms with Gasteiger partial charge < -0.3 is 10.4 Å². The van der Waals surface area contributed by atoms with Gasteiger partial charge in [0, 0.05) is 22.2 Å². The third-order valence-corrected chi connectivity index (χ3v) is 4.67. The zero-order valence-electron chi connectivity index (χ0n) is 10.6. The van der Waals surface area contributed by atoms with Crippen LogP contribution in [-0.4, -0.2) is 29.0 Å². The van der Waals surface area contributed by atoms with E-state index in [1.165, 1.54) is 23.3 Å². The van der Waals surface area contributed by atoms with Gasteiger partial charge in [0.1, 0.15) is 0 Å². The van der Waals surface area contributed by atoms with Crippen LogP contribution in [0.3, 0.4) is 0 Å². The van der Waals surface area contributed by atoms with Crippen molar-refractivity contribution in [1.29, 1.82) is 0 Å². The molecule has 0 saturated heterocycles. The molecule has 1 aromatic carbocycles. The van der Waals surface area contributed by atoms with Crippen LogP contribution >= 0.6 is 11.8 Å². The van der Waals surface area contributed by atoms with Gasteiger partial charge in [0.25, 0.3) is 0 Å². The van der Waals surface area contributed by atoms with Gasteiger partial charge in [0.15, 0.2) is 0 Å². The van der Waals surface area contributed by atoms with E-state index in [1.54, 1.807) is 0 Å². The molecule has 0 radical (unpaired) electrons. The first-order valence-electron chi connectivity index (χ1n) is 6.20. The molecule has 0 amide bonds. The van der Waals surface area contributed by atoms with Gasteiger partial charge in [-0.2, -0.15) is 0 Å². The Morgan fingerprint density at radius 2 is 2.12 bits per heavy atom. The van der Waals surface area contributed by atoms with Gasteiger partial charge >= 0.3 is 0 Å². The molecule has 0 aliphatic heterocycles. The fourth-order valence-corrected chi connectivity index (χ4v) is 2.93. The molecule has 0 bridgehead atoms. The third-order valence-electron chi connectivity index (χ3n) is 3.12. The van der Waals surface area contributed by atoms with Gasteiger partial charge in [0.05, 0.1) is 6.61 Å². The molecule has 1 aliphatic rings. The van der Waals surface area contributed by atoms with Crippen LogP contribution in [0.5, 0.6) is 0 Å². The normalized spacial score (nSPS) is 19.0. The van der Waals surface area contributed by atoms with Crippen LogP contribution < -0.4 is 5.32 Å². The fraction of sp³-hybridized carbons (Fsp3) is 0.571. The molecule has 1 aliphatic carbocycles. The molecule has 17 heavy (non-hydrogen) atoms. The van der Waals surface area contributed by atoms with E-state index >= 15 is 0 Å². The number of aliphatic hydroxyl groups excluding tert-OH is 1. The largest absolute Gasteiger partial charge is 0.394 e. The molecule has 1 saturated carbocycles. The Morgan fingerprint density at radius 3 is 2.71 bits per heavy atom. The van der Waals surface area contributed by atoms with Gasteiger partial charge in [0.2, 0.25) is 0 Å². The zero-order chi connectivity index (χ0) is 12.3. The number of thioether (sulfide) groups is 1. The summed E-state index contributed by atoms with van der Waals surface area (Å²) in [5, 5.41) is 13.1. The van der Waals surface area contributed by atoms with Crippen LogP contribution in [0.1, 0.15) is 25.3 Å². The first-order valence-corrected chi connectivity index (χ1v) is 7.18. The Kier molecular flexibility index (Phi) is 4.13. The van der Waals surface area contributed by atoms with Crippen LogP contribution in [0, 0.1) is 6.92 Å². The van der Waals surface area contributed by atoms with Crippen molar-refractivity contribution in [3.63, 3.8) is 0 Å². The maximum Gasteiger partial charge on any atom is 0.0618 e. The molecule has 0 heterocycles. The maximum absolute atomic E-state index is 9.53. The molecule has 1 aromatic rings. The van der Waals surface area contributed by atoms with Crippen molar-refractivity contribution >= 4 is 11.8 Å². The van der Waals surface area contributed by atoms with E-state index in [2.05, 4.69) is 43.4 Å². The Labute approximate surface area is 108 Å². The summed E-state index contributed by atoms with van der Waals surface area (Å²) >= 11 is 1.83. The lowest BCUT2D eigenvalue weighted by molar-refractivity contribution is 0.190. The number of hydrogen-bond donors (Lipinski definition) is 2. The molecular formula is C14H21NOS. The smallest absolute Gasteiger partial charge is 0.0618 e. The highest BCUT2D eigenvalue weighted by molar-refractivity contribution is 7.99. The minimum atomic E-state index is -0.159. The standard InChI is InChI=1S/C14H21NOS/c1-11-5-3-4-6-13(11)17-10-14(2,9-16)15-12-7-8-12/h3-6,12,15-16H,7-10H2,1-2H3. The highest BCUT2D eigenvalue weighted by atomic mass is 32.2. The molecular weight excluding hydrogens is 230 g/mol. The Hall–Kier alpha value is -0.510. The van der Waals surface area contributed by atoms with E-state index in [0.717, 1.165) is 5.75 Å². The van der Waals surface area contributed by atoms with Crippen molar-refractivity contribution in [1.82, 2.24) is 5.32 Å². The number of hydrogen-bond acceptors (Lipinski definition) is 3. The van der Waals surface area contributed by atoms with Crippen molar-refractivity contribution in [3.8, 4) is 0 Å². The van der Waals surface area contributed by atoms with E-state index in [-0.39, 0.29) is 12.1 Å². The van der Waals surface area contributed by atoms with E-state index < -0.39 is 0 Å². The van der Waals surface area contributed by atoms with Gasteiger partial charge in [-0.3, -0.25) is 0 Å². The predicted molar refractivity (Wildman–Crippen MR) is 73.6 cm³/mol. The molecule has 94 valence electrons. The number of nitrogens with one attached hydrogen (secondary N) is 1. The molecule has 2 N–H and O–H groups in total. The molecule has 1 unspecified atom stereocenters. The summed E-state index contributed by atoms with van der Waals surface area (Å²) in [6.45, 7) is 4.44. The van der Waals surface area contributed by atoms with Crippen LogP contribution in [0.15, 0.2) is 29.2 Å². The van der Waals surface area contributed by atoms with Crippen molar-refractivity contribution in [3.05, 3.63) is 29.8 Å². The van der Waals surface area contributed by atoms with Crippen LogP contribution in [0.2, 0.25) is 0 Å². The van der Waals surface area contributed by atoms with Gasteiger partial charge in [-0.1, -0.05) is 18.2 Å². The van der Waals surface area contributed by atoms with E-state index in [0.29, 0.717) is 6.04 Å². The highest BCUT2D eigenvalue weighted by Crippen LogP contribution is 2.28. The Balaban J connectivity index is 1.92. The zero-order valence-corrected chi connectivity index (χ0v) is 11.4. The predicted octanol–water partition coefficient (Wildman–Crippen LogP) is 2.59. The Morgan fingerprint density at radius 1 is 1.41 bits per heavy atom. The van der Waals surface area contributed by atoms with Crippen LogP contribution in [0.25, 0.3) is 0 Å². The van der Waals surface area contributed by atoms with Crippen molar-refractivity contribution in [2.45, 2.75) is 43.2 Å². The van der Waals surface area contributed by atoms with E-state index in [9.17, 15) is 5.11 Å². The second-order valence-corrected chi connectivity index (χ2v) is 6.21. The summed E-state index contributed by atoms with van der Waals surface area (Å²) in [5.41, 5.74) is 1.15. The summed E-state index contributed by atoms with van der Waals surface area (Å²) in [7, 11) is 0. The van der Waals surface area contributed by atoms with E-state index in [1.807, 2.05) is 11.8 Å². The summed E-state index contributed by atoms with van der Waals surface area (Å²) in [5.74, 6) is 0.908. The fourth-order valence-electron chi connectivity index (χ4n) is 1.81. The van der Waals surface area contributed by atoms with E-state index in [4.69, 9.17) is 0 Å². The average molecular weight is 251 g/mol. The average Bonchev–Trinajstić information content (AvgIpc) is 3.12. The van der Waals surface area contributed by atoms with Crippen molar-refractivity contribution in [2.24, 2.45) is 0 Å². The van der Waals surface area contributed by atoms with Crippen LogP contribution in [-0.2, 0) is 0 Å². The third kappa shape index (κ3) is 3.73. The first-order chi connectivity index (χ1) is 8.13. The number of aliphatic hydroxyl groups is 1.